The first-order valence-electron chi connectivity index (χ1n) is 6.39. The van der Waals surface area contributed by atoms with E-state index < -0.39 is 0 Å². The van der Waals surface area contributed by atoms with Crippen LogP contribution >= 0.6 is 0 Å². The van der Waals surface area contributed by atoms with E-state index in [2.05, 4.69) is 5.32 Å². The molecule has 1 atom stereocenters. The van der Waals surface area contributed by atoms with Gasteiger partial charge >= 0.3 is 0 Å². The summed E-state index contributed by atoms with van der Waals surface area (Å²) in [5.74, 6) is 0.560. The van der Waals surface area contributed by atoms with Crippen molar-refractivity contribution in [2.24, 2.45) is 5.92 Å². The van der Waals surface area contributed by atoms with E-state index in [-0.39, 0.29) is 11.2 Å². The highest BCUT2D eigenvalue weighted by Crippen LogP contribution is 2.43. The van der Waals surface area contributed by atoms with Gasteiger partial charge < -0.3 is 14.8 Å². The Labute approximate surface area is 106 Å². The summed E-state index contributed by atoms with van der Waals surface area (Å²) >= 11 is 0. The molecule has 2 aliphatic heterocycles. The molecule has 4 heteroatoms. The zero-order valence-corrected chi connectivity index (χ0v) is 10.5. The predicted octanol–water partition coefficient (Wildman–Crippen LogP) is 1.71. The minimum atomic E-state index is -0.285. The van der Waals surface area contributed by atoms with Gasteiger partial charge in [-0.25, -0.2) is 4.39 Å². The molecule has 0 aromatic heterocycles. The molecule has 0 bridgehead atoms. The molecular weight excluding hydrogens is 233 g/mol. The fourth-order valence-corrected chi connectivity index (χ4v) is 3.06. The number of methoxy groups -OCH3 is 1. The molecule has 0 amide bonds. The summed E-state index contributed by atoms with van der Waals surface area (Å²) in [5, 5.41) is 3.38. The van der Waals surface area contributed by atoms with Gasteiger partial charge in [-0.15, -0.1) is 0 Å². The Kier molecular flexibility index (Phi) is 2.99. The topological polar surface area (TPSA) is 30.5 Å². The van der Waals surface area contributed by atoms with E-state index in [1.54, 1.807) is 12.1 Å². The van der Waals surface area contributed by atoms with E-state index in [0.717, 1.165) is 25.1 Å². The van der Waals surface area contributed by atoms with Gasteiger partial charge in [0.25, 0.3) is 0 Å². The first kappa shape index (κ1) is 11.9. The van der Waals surface area contributed by atoms with Crippen LogP contribution < -0.4 is 10.1 Å². The molecule has 2 saturated heterocycles. The van der Waals surface area contributed by atoms with Crippen molar-refractivity contribution in [3.05, 3.63) is 29.6 Å². The van der Waals surface area contributed by atoms with Crippen LogP contribution in [0.15, 0.2) is 18.2 Å². The Morgan fingerprint density at radius 2 is 2.28 bits per heavy atom. The van der Waals surface area contributed by atoms with Gasteiger partial charge in [0.05, 0.1) is 20.3 Å². The van der Waals surface area contributed by atoms with Gasteiger partial charge in [-0.05, 0) is 43.1 Å². The van der Waals surface area contributed by atoms with Crippen molar-refractivity contribution in [1.29, 1.82) is 0 Å². The summed E-state index contributed by atoms with van der Waals surface area (Å²) in [6, 6.07) is 5.30. The highest BCUT2D eigenvalue weighted by molar-refractivity contribution is 5.36. The van der Waals surface area contributed by atoms with Gasteiger partial charge in [-0.1, -0.05) is 6.07 Å². The fraction of sp³-hybridized carbons (Fsp3) is 0.571. The summed E-state index contributed by atoms with van der Waals surface area (Å²) in [6.45, 7) is 3.44. The molecule has 1 N–H and O–H groups in total. The quantitative estimate of drug-likeness (QED) is 0.887. The molecule has 3 rings (SSSR count). The Hall–Kier alpha value is -1.13. The lowest BCUT2D eigenvalue weighted by atomic mass is 9.68. The van der Waals surface area contributed by atoms with Crippen molar-refractivity contribution in [2.75, 3.05) is 33.4 Å². The minimum Gasteiger partial charge on any atom is -0.494 e. The average Bonchev–Trinajstić information content (AvgIpc) is 2.82. The zero-order valence-electron chi connectivity index (χ0n) is 10.5. The largest absolute Gasteiger partial charge is 0.494 e. The Morgan fingerprint density at radius 3 is 2.78 bits per heavy atom. The van der Waals surface area contributed by atoms with Gasteiger partial charge in [-0.2, -0.15) is 0 Å². The van der Waals surface area contributed by atoms with Crippen LogP contribution in [0.3, 0.4) is 0 Å². The average molecular weight is 251 g/mol. The fourth-order valence-electron chi connectivity index (χ4n) is 3.06. The number of ether oxygens (including phenoxy) is 2. The molecule has 0 saturated carbocycles. The third-order valence-corrected chi connectivity index (χ3v) is 4.29. The van der Waals surface area contributed by atoms with Gasteiger partial charge in [-0.3, -0.25) is 0 Å². The Morgan fingerprint density at radius 1 is 1.44 bits per heavy atom. The molecule has 2 aliphatic rings. The van der Waals surface area contributed by atoms with Gasteiger partial charge in [0, 0.05) is 5.41 Å². The van der Waals surface area contributed by atoms with Crippen LogP contribution in [0, 0.1) is 11.7 Å². The maximum absolute atomic E-state index is 13.8. The first-order chi connectivity index (χ1) is 8.76. The zero-order chi connectivity index (χ0) is 12.6. The number of halogens is 1. The molecule has 18 heavy (non-hydrogen) atoms. The summed E-state index contributed by atoms with van der Waals surface area (Å²) in [6.07, 6.45) is 1.14. The van der Waals surface area contributed by atoms with Gasteiger partial charge in [0.15, 0.2) is 11.6 Å². The van der Waals surface area contributed by atoms with Crippen molar-refractivity contribution >= 4 is 0 Å². The van der Waals surface area contributed by atoms with E-state index in [1.807, 2.05) is 6.07 Å². The van der Waals surface area contributed by atoms with E-state index >= 15 is 0 Å². The number of hydrogen-bond acceptors (Lipinski definition) is 3. The molecule has 1 aromatic carbocycles. The number of benzene rings is 1. The van der Waals surface area contributed by atoms with Crippen molar-refractivity contribution in [1.82, 2.24) is 5.32 Å². The van der Waals surface area contributed by atoms with Crippen LogP contribution in [0.25, 0.3) is 0 Å². The summed E-state index contributed by atoms with van der Waals surface area (Å²) in [4.78, 5) is 0. The predicted molar refractivity (Wildman–Crippen MR) is 66.4 cm³/mol. The second kappa shape index (κ2) is 4.52. The summed E-state index contributed by atoms with van der Waals surface area (Å²) < 4.78 is 24.2. The summed E-state index contributed by atoms with van der Waals surface area (Å²) in [5.41, 5.74) is 1.04. The van der Waals surface area contributed by atoms with Gasteiger partial charge in [0.2, 0.25) is 0 Å². The molecule has 0 aliphatic carbocycles. The lowest BCUT2D eigenvalue weighted by Crippen LogP contribution is -2.53. The van der Waals surface area contributed by atoms with Gasteiger partial charge in [0.1, 0.15) is 0 Å². The SMILES string of the molecule is COc1ccc(C2(C3CCNC3)COC2)cc1F. The van der Waals surface area contributed by atoms with Crippen molar-refractivity contribution in [2.45, 2.75) is 11.8 Å². The third kappa shape index (κ3) is 1.71. The molecule has 3 nitrogen and oxygen atoms in total. The van der Waals surface area contributed by atoms with Crippen LogP contribution in [0.1, 0.15) is 12.0 Å². The van der Waals surface area contributed by atoms with Crippen molar-refractivity contribution < 1.29 is 13.9 Å². The van der Waals surface area contributed by atoms with Crippen LogP contribution in [-0.4, -0.2) is 33.4 Å². The van der Waals surface area contributed by atoms with E-state index in [9.17, 15) is 4.39 Å². The number of hydrogen-bond donors (Lipinski definition) is 1. The molecule has 1 aromatic rings. The highest BCUT2D eigenvalue weighted by Gasteiger charge is 2.48. The molecule has 98 valence electrons. The second-order valence-corrected chi connectivity index (χ2v) is 5.19. The number of rotatable bonds is 3. The smallest absolute Gasteiger partial charge is 0.165 e. The highest BCUT2D eigenvalue weighted by atomic mass is 19.1. The third-order valence-electron chi connectivity index (χ3n) is 4.29. The first-order valence-corrected chi connectivity index (χ1v) is 6.39. The van der Waals surface area contributed by atoms with Crippen LogP contribution in [0.4, 0.5) is 4.39 Å². The van der Waals surface area contributed by atoms with Crippen molar-refractivity contribution in [3.63, 3.8) is 0 Å². The standard InChI is InChI=1S/C14H18FNO2/c1-17-13-3-2-10(6-12(13)15)14(8-18-9-14)11-4-5-16-7-11/h2-3,6,11,16H,4-5,7-9H2,1H3. The molecule has 0 spiro atoms. The van der Waals surface area contributed by atoms with E-state index in [4.69, 9.17) is 9.47 Å². The molecular formula is C14H18FNO2. The molecule has 2 heterocycles. The number of nitrogens with one attached hydrogen (secondary N) is 1. The van der Waals surface area contributed by atoms with E-state index in [0.29, 0.717) is 24.9 Å². The maximum atomic E-state index is 13.8. The van der Waals surface area contributed by atoms with Crippen LogP contribution in [0.2, 0.25) is 0 Å². The maximum Gasteiger partial charge on any atom is 0.165 e. The second-order valence-electron chi connectivity index (χ2n) is 5.19. The van der Waals surface area contributed by atoms with Crippen LogP contribution in [0.5, 0.6) is 5.75 Å². The Bertz CT molecular complexity index is 439. The molecule has 0 radical (unpaired) electrons. The summed E-state index contributed by atoms with van der Waals surface area (Å²) in [7, 11) is 1.49. The van der Waals surface area contributed by atoms with Crippen molar-refractivity contribution in [3.8, 4) is 5.75 Å². The molecule has 2 fully saturated rings. The van der Waals surface area contributed by atoms with Crippen LogP contribution in [-0.2, 0) is 10.2 Å². The normalized spacial score (nSPS) is 25.8. The monoisotopic (exact) mass is 251 g/mol. The van der Waals surface area contributed by atoms with E-state index in [1.165, 1.54) is 7.11 Å². The lowest BCUT2D eigenvalue weighted by molar-refractivity contribution is -0.0870. The minimum absolute atomic E-state index is 0.00336. The lowest BCUT2D eigenvalue weighted by Gasteiger charge is -2.46. The Balaban J connectivity index is 1.93. The molecule has 1 unspecified atom stereocenters.